The summed E-state index contributed by atoms with van der Waals surface area (Å²) in [6.45, 7) is 3.81. The number of hydrogen-bond donors (Lipinski definition) is 1. The van der Waals surface area contributed by atoms with Crippen molar-refractivity contribution >= 4 is 23.7 Å². The third kappa shape index (κ3) is 4.18. The quantitative estimate of drug-likeness (QED) is 0.729. The van der Waals surface area contributed by atoms with E-state index in [1.807, 2.05) is 13.8 Å². The molecule has 0 bridgehead atoms. The molecule has 3 amide bonds. The van der Waals surface area contributed by atoms with E-state index in [4.69, 9.17) is 5.11 Å². The average Bonchev–Trinajstić information content (AvgIpc) is 2.93. The van der Waals surface area contributed by atoms with Gasteiger partial charge in [-0.3, -0.25) is 24.1 Å². The minimum Gasteiger partial charge on any atom is -0.481 e. The van der Waals surface area contributed by atoms with Gasteiger partial charge in [0.1, 0.15) is 0 Å². The first-order valence-electron chi connectivity index (χ1n) is 9.36. The zero-order valence-corrected chi connectivity index (χ0v) is 16.3. The van der Waals surface area contributed by atoms with E-state index in [9.17, 15) is 19.2 Å². The van der Waals surface area contributed by atoms with Gasteiger partial charge in [0, 0.05) is 18.2 Å². The lowest BCUT2D eigenvalue weighted by Crippen LogP contribution is -2.38. The van der Waals surface area contributed by atoms with E-state index < -0.39 is 5.97 Å². The summed E-state index contributed by atoms with van der Waals surface area (Å²) in [6.07, 6.45) is -0.140. The molecule has 2 aromatic rings. The molecule has 29 heavy (non-hydrogen) atoms. The highest BCUT2D eigenvalue weighted by molar-refractivity contribution is 6.21. The van der Waals surface area contributed by atoms with Gasteiger partial charge in [-0.05, 0) is 43.7 Å². The number of carbonyl (C=O) groups excluding carboxylic acids is 3. The average molecular weight is 394 g/mol. The minimum atomic E-state index is -0.970. The van der Waals surface area contributed by atoms with Crippen molar-refractivity contribution in [2.24, 2.45) is 0 Å². The smallest absolute Gasteiger partial charge is 0.305 e. The van der Waals surface area contributed by atoms with Crippen LogP contribution >= 0.6 is 0 Å². The zero-order valence-electron chi connectivity index (χ0n) is 16.3. The van der Waals surface area contributed by atoms with E-state index in [2.05, 4.69) is 0 Å². The van der Waals surface area contributed by atoms with Crippen LogP contribution < -0.4 is 0 Å². The van der Waals surface area contributed by atoms with Crippen molar-refractivity contribution in [3.63, 3.8) is 0 Å². The normalized spacial score (nSPS) is 13.0. The monoisotopic (exact) mass is 394 g/mol. The molecule has 1 N–H and O–H groups in total. The van der Waals surface area contributed by atoms with Crippen molar-refractivity contribution in [3.05, 3.63) is 70.8 Å². The van der Waals surface area contributed by atoms with Gasteiger partial charge in [0.2, 0.25) is 0 Å². The molecule has 3 rings (SSSR count). The lowest BCUT2D eigenvalue weighted by atomic mass is 10.1. The molecule has 0 spiro atoms. The Bertz CT molecular complexity index is 948. The van der Waals surface area contributed by atoms with Crippen LogP contribution in [-0.2, 0) is 11.3 Å². The van der Waals surface area contributed by atoms with Crippen LogP contribution in [0.1, 0.15) is 56.9 Å². The third-order valence-corrected chi connectivity index (χ3v) is 4.84. The van der Waals surface area contributed by atoms with Crippen LogP contribution in [0.3, 0.4) is 0 Å². The van der Waals surface area contributed by atoms with Gasteiger partial charge >= 0.3 is 5.97 Å². The Morgan fingerprint density at radius 1 is 1.00 bits per heavy atom. The predicted octanol–water partition coefficient (Wildman–Crippen LogP) is 2.81. The summed E-state index contributed by atoms with van der Waals surface area (Å²) in [7, 11) is 0. The molecule has 0 saturated heterocycles. The van der Waals surface area contributed by atoms with Crippen molar-refractivity contribution in [1.82, 2.24) is 9.80 Å². The number of carbonyl (C=O) groups is 4. The summed E-state index contributed by atoms with van der Waals surface area (Å²) >= 11 is 0. The number of amides is 3. The Morgan fingerprint density at radius 2 is 1.62 bits per heavy atom. The molecule has 0 fully saturated rings. The Labute approximate surface area is 168 Å². The number of aliphatic carboxylic acids is 1. The molecule has 1 heterocycles. The van der Waals surface area contributed by atoms with Crippen LogP contribution in [-0.4, -0.2) is 51.2 Å². The molecule has 7 heteroatoms. The number of hydrogen-bond acceptors (Lipinski definition) is 4. The van der Waals surface area contributed by atoms with E-state index in [1.165, 1.54) is 9.80 Å². The molecular weight excluding hydrogens is 372 g/mol. The van der Waals surface area contributed by atoms with Gasteiger partial charge in [-0.1, -0.05) is 24.3 Å². The Kier molecular flexibility index (Phi) is 5.77. The summed E-state index contributed by atoms with van der Waals surface area (Å²) in [5.41, 5.74) is 1.79. The fourth-order valence-electron chi connectivity index (χ4n) is 3.34. The van der Waals surface area contributed by atoms with Gasteiger partial charge < -0.3 is 10.0 Å². The lowest BCUT2D eigenvalue weighted by molar-refractivity contribution is -0.137. The largest absolute Gasteiger partial charge is 0.481 e. The predicted molar refractivity (Wildman–Crippen MR) is 106 cm³/mol. The number of carboxylic acid groups (broad SMARTS) is 1. The molecule has 0 radical (unpaired) electrons. The number of benzene rings is 2. The first-order valence-corrected chi connectivity index (χ1v) is 9.36. The molecule has 150 valence electrons. The molecule has 0 aromatic heterocycles. The van der Waals surface area contributed by atoms with Crippen LogP contribution in [0.4, 0.5) is 0 Å². The van der Waals surface area contributed by atoms with Crippen LogP contribution in [0, 0.1) is 0 Å². The second-order valence-electron chi connectivity index (χ2n) is 7.18. The molecule has 0 unspecified atom stereocenters. The van der Waals surface area contributed by atoms with Gasteiger partial charge in [0.25, 0.3) is 17.7 Å². The SMILES string of the molecule is CC(C)N(CCC(=O)O)C(=O)c1cccc(CN2C(=O)c3ccccc3C2=O)c1. The number of carboxylic acids is 1. The molecule has 0 aliphatic carbocycles. The Hall–Kier alpha value is -3.48. The Morgan fingerprint density at radius 3 is 2.17 bits per heavy atom. The third-order valence-electron chi connectivity index (χ3n) is 4.84. The van der Waals surface area contributed by atoms with Crippen LogP contribution in [0.15, 0.2) is 48.5 Å². The first kappa shape index (κ1) is 20.3. The van der Waals surface area contributed by atoms with Crippen molar-refractivity contribution < 1.29 is 24.3 Å². The summed E-state index contributed by atoms with van der Waals surface area (Å²) in [5.74, 6) is -1.96. The van der Waals surface area contributed by atoms with E-state index in [1.54, 1.807) is 48.5 Å². The van der Waals surface area contributed by atoms with E-state index in [0.29, 0.717) is 22.3 Å². The molecule has 2 aromatic carbocycles. The number of rotatable bonds is 7. The van der Waals surface area contributed by atoms with Crippen molar-refractivity contribution in [2.75, 3.05) is 6.54 Å². The Balaban J connectivity index is 1.79. The number of imide groups is 1. The van der Waals surface area contributed by atoms with Crippen molar-refractivity contribution in [1.29, 1.82) is 0 Å². The van der Waals surface area contributed by atoms with Crippen molar-refractivity contribution in [3.8, 4) is 0 Å². The highest BCUT2D eigenvalue weighted by atomic mass is 16.4. The molecular formula is C22H22N2O5. The van der Waals surface area contributed by atoms with E-state index >= 15 is 0 Å². The number of nitrogens with zero attached hydrogens (tertiary/aromatic N) is 2. The first-order chi connectivity index (χ1) is 13.8. The molecule has 7 nitrogen and oxygen atoms in total. The lowest BCUT2D eigenvalue weighted by Gasteiger charge is -2.26. The zero-order chi connectivity index (χ0) is 21.1. The molecule has 0 atom stereocenters. The van der Waals surface area contributed by atoms with Crippen LogP contribution in [0.5, 0.6) is 0 Å². The van der Waals surface area contributed by atoms with Crippen LogP contribution in [0.25, 0.3) is 0 Å². The topological polar surface area (TPSA) is 95.0 Å². The summed E-state index contributed by atoms with van der Waals surface area (Å²) in [4.78, 5) is 51.5. The standard InChI is InChI=1S/C22H22N2O5/c1-14(2)23(11-10-19(25)26)20(27)16-7-5-6-15(12-16)13-24-21(28)17-8-3-4-9-18(17)22(24)29/h3-9,12,14H,10-11,13H2,1-2H3,(H,25,26). The second-order valence-corrected chi connectivity index (χ2v) is 7.18. The van der Waals surface area contributed by atoms with E-state index in [-0.39, 0.29) is 43.3 Å². The highest BCUT2D eigenvalue weighted by Crippen LogP contribution is 2.24. The number of fused-ring (bicyclic) bond motifs is 1. The van der Waals surface area contributed by atoms with Gasteiger partial charge in [-0.15, -0.1) is 0 Å². The summed E-state index contributed by atoms with van der Waals surface area (Å²) in [6, 6.07) is 13.2. The maximum absolute atomic E-state index is 12.9. The summed E-state index contributed by atoms with van der Waals surface area (Å²) in [5, 5.41) is 8.92. The fourth-order valence-corrected chi connectivity index (χ4v) is 3.34. The van der Waals surface area contributed by atoms with Gasteiger partial charge in [-0.2, -0.15) is 0 Å². The molecule has 0 saturated carbocycles. The fraction of sp³-hybridized carbons (Fsp3) is 0.273. The van der Waals surface area contributed by atoms with E-state index in [0.717, 1.165) is 0 Å². The van der Waals surface area contributed by atoms with Crippen LogP contribution in [0.2, 0.25) is 0 Å². The molecule has 1 aliphatic heterocycles. The maximum Gasteiger partial charge on any atom is 0.305 e. The maximum atomic E-state index is 12.9. The molecule has 1 aliphatic rings. The minimum absolute atomic E-state index is 0.0598. The van der Waals surface area contributed by atoms with Gasteiger partial charge in [0.05, 0.1) is 24.1 Å². The van der Waals surface area contributed by atoms with Crippen molar-refractivity contribution in [2.45, 2.75) is 32.9 Å². The second kappa shape index (κ2) is 8.26. The summed E-state index contributed by atoms with van der Waals surface area (Å²) < 4.78 is 0. The highest BCUT2D eigenvalue weighted by Gasteiger charge is 2.35. The van der Waals surface area contributed by atoms with Gasteiger partial charge in [-0.25, -0.2) is 0 Å². The van der Waals surface area contributed by atoms with Gasteiger partial charge in [0.15, 0.2) is 0 Å².